The van der Waals surface area contributed by atoms with Crippen LogP contribution in [0.15, 0.2) is 6.07 Å². The Balaban J connectivity index is 2.13. The van der Waals surface area contributed by atoms with Crippen LogP contribution in [0.1, 0.15) is 38.8 Å². The average molecular weight is 476 g/mol. The quantitative estimate of drug-likeness (QED) is 0.253. The monoisotopic (exact) mass is 475 g/mol. The van der Waals surface area contributed by atoms with Crippen LogP contribution in [0.5, 0.6) is 0 Å². The van der Waals surface area contributed by atoms with Gasteiger partial charge in [-0.3, -0.25) is 25.6 Å². The highest BCUT2D eigenvalue weighted by Gasteiger charge is 2.34. The molecule has 0 spiro atoms. The second-order valence-electron chi connectivity index (χ2n) is 8.59. The van der Waals surface area contributed by atoms with Gasteiger partial charge in [-0.1, -0.05) is 26.7 Å². The summed E-state index contributed by atoms with van der Waals surface area (Å²) in [6, 6.07) is 0.890. The third kappa shape index (κ3) is 8.65. The smallest absolute Gasteiger partial charge is 0.354 e. The van der Waals surface area contributed by atoms with Gasteiger partial charge in [-0.05, 0) is 19.4 Å². The normalized spacial score (nSPS) is 15.9. The summed E-state index contributed by atoms with van der Waals surface area (Å²) in [6.07, 6.45) is -2.60. The number of aromatic nitrogens is 2. The molecule has 0 aromatic carbocycles. The fourth-order valence-electron chi connectivity index (χ4n) is 3.40. The highest BCUT2D eigenvalue weighted by Crippen LogP contribution is 2.30. The molecule has 2 amide bonds. The van der Waals surface area contributed by atoms with Gasteiger partial charge in [-0.2, -0.15) is 18.2 Å². The van der Waals surface area contributed by atoms with Crippen molar-refractivity contribution in [3.63, 3.8) is 0 Å². The average Bonchev–Trinajstić information content (AvgIpc) is 2.76. The molecule has 0 unspecified atom stereocenters. The molecule has 3 N–H and O–H groups in total. The fourth-order valence-corrected chi connectivity index (χ4v) is 3.40. The number of amides is 2. The lowest BCUT2D eigenvalue weighted by Crippen LogP contribution is -2.45. The molecule has 10 nitrogen and oxygen atoms in total. The van der Waals surface area contributed by atoms with Crippen LogP contribution in [0.4, 0.5) is 24.9 Å². The fraction of sp³-hybridized carbons (Fsp3) is 0.700. The summed E-state index contributed by atoms with van der Waals surface area (Å²) in [5.41, 5.74) is 3.56. The van der Waals surface area contributed by atoms with E-state index in [4.69, 9.17) is 0 Å². The van der Waals surface area contributed by atoms with Gasteiger partial charge in [0, 0.05) is 32.2 Å². The van der Waals surface area contributed by atoms with E-state index in [2.05, 4.69) is 25.7 Å². The van der Waals surface area contributed by atoms with Gasteiger partial charge in [-0.15, -0.1) is 0 Å². The first-order chi connectivity index (χ1) is 15.5. The molecular formula is C20H32F3N7O3. The van der Waals surface area contributed by atoms with E-state index in [0.29, 0.717) is 50.0 Å². The zero-order valence-corrected chi connectivity index (χ0v) is 19.1. The molecule has 1 atom stereocenters. The lowest BCUT2D eigenvalue weighted by molar-refractivity contribution is -0.154. The maximum atomic E-state index is 13.4. The number of likely N-dealkylation sites (N-methyl/N-ethyl adjacent to an activating group) is 1. The predicted molar refractivity (Wildman–Crippen MR) is 115 cm³/mol. The van der Waals surface area contributed by atoms with Crippen molar-refractivity contribution in [3.05, 3.63) is 11.8 Å². The number of anilines is 2. The molecular weight excluding hydrogens is 443 g/mol. The first-order valence-corrected chi connectivity index (χ1v) is 10.9. The van der Waals surface area contributed by atoms with Crippen LogP contribution in [0.3, 0.4) is 0 Å². The Morgan fingerprint density at radius 1 is 1.24 bits per heavy atom. The maximum Gasteiger partial charge on any atom is 0.433 e. The Kier molecular flexibility index (Phi) is 9.65. The van der Waals surface area contributed by atoms with Gasteiger partial charge in [-0.25, -0.2) is 10.0 Å². The van der Waals surface area contributed by atoms with E-state index in [1.54, 1.807) is 4.90 Å². The molecule has 1 saturated heterocycles. The second kappa shape index (κ2) is 12.0. The SMILES string of the molecule is CC(C)CCC[C@H](CN(O)C=O)C(=O)NNc1nc(N2CCN(C)CC2)cc(C(F)(F)F)n1. The van der Waals surface area contributed by atoms with Crippen LogP contribution in [0.2, 0.25) is 0 Å². The molecule has 0 saturated carbocycles. The number of nitrogens with zero attached hydrogens (tertiary/aromatic N) is 5. The summed E-state index contributed by atoms with van der Waals surface area (Å²) < 4.78 is 40.2. The Bertz CT molecular complexity index is 787. The predicted octanol–water partition coefficient (Wildman–Crippen LogP) is 1.98. The van der Waals surface area contributed by atoms with Gasteiger partial charge in [0.2, 0.25) is 18.3 Å². The maximum absolute atomic E-state index is 13.4. The Hall–Kier alpha value is -2.67. The summed E-state index contributed by atoms with van der Waals surface area (Å²) >= 11 is 0. The zero-order valence-electron chi connectivity index (χ0n) is 19.1. The molecule has 13 heteroatoms. The molecule has 1 fully saturated rings. The Morgan fingerprint density at radius 3 is 2.48 bits per heavy atom. The first kappa shape index (κ1) is 26.6. The number of carbonyl (C=O) groups excluding carboxylic acids is 2. The topological polar surface area (TPSA) is 114 Å². The molecule has 1 aromatic rings. The van der Waals surface area contributed by atoms with E-state index in [0.717, 1.165) is 12.5 Å². The van der Waals surface area contributed by atoms with E-state index in [1.165, 1.54) is 0 Å². The molecule has 0 radical (unpaired) electrons. The number of nitrogens with one attached hydrogen (secondary N) is 2. The highest BCUT2D eigenvalue weighted by molar-refractivity contribution is 5.80. The molecule has 2 rings (SSSR count). The van der Waals surface area contributed by atoms with Crippen molar-refractivity contribution < 1.29 is 28.0 Å². The van der Waals surface area contributed by atoms with Crippen molar-refractivity contribution in [1.29, 1.82) is 0 Å². The number of rotatable bonds is 11. The molecule has 2 heterocycles. The van der Waals surface area contributed by atoms with Crippen LogP contribution >= 0.6 is 0 Å². The van der Waals surface area contributed by atoms with Crippen LogP contribution in [0.25, 0.3) is 0 Å². The molecule has 1 aromatic heterocycles. The van der Waals surface area contributed by atoms with E-state index >= 15 is 0 Å². The molecule has 1 aliphatic rings. The third-order valence-electron chi connectivity index (χ3n) is 5.36. The zero-order chi connectivity index (χ0) is 24.6. The van der Waals surface area contributed by atoms with Gasteiger partial charge >= 0.3 is 6.18 Å². The van der Waals surface area contributed by atoms with Crippen molar-refractivity contribution in [2.24, 2.45) is 11.8 Å². The summed E-state index contributed by atoms with van der Waals surface area (Å²) in [5.74, 6) is -1.24. The number of carbonyl (C=O) groups is 2. The first-order valence-electron chi connectivity index (χ1n) is 10.9. The van der Waals surface area contributed by atoms with Gasteiger partial charge in [0.25, 0.3) is 0 Å². The van der Waals surface area contributed by atoms with Crippen molar-refractivity contribution in [2.75, 3.05) is 50.1 Å². The number of halogens is 3. The molecule has 0 bridgehead atoms. The summed E-state index contributed by atoms with van der Waals surface area (Å²) in [6.45, 7) is 6.19. The number of piperazine rings is 1. The van der Waals surface area contributed by atoms with Gasteiger partial charge in [0.15, 0.2) is 5.69 Å². The minimum absolute atomic E-state index is 0.109. The van der Waals surface area contributed by atoms with E-state index in [9.17, 15) is 28.0 Å². The van der Waals surface area contributed by atoms with Gasteiger partial charge in [0.1, 0.15) is 5.82 Å². The van der Waals surface area contributed by atoms with Gasteiger partial charge < -0.3 is 9.80 Å². The Labute approximate surface area is 191 Å². The number of hydrogen-bond acceptors (Lipinski definition) is 8. The van der Waals surface area contributed by atoms with E-state index in [-0.39, 0.29) is 18.8 Å². The molecule has 33 heavy (non-hydrogen) atoms. The van der Waals surface area contributed by atoms with Crippen molar-refractivity contribution in [2.45, 2.75) is 39.3 Å². The standard InChI is InChI=1S/C20H32F3N7O3/c1-14(2)5-4-6-15(12-30(33)13-31)18(32)26-27-19-24-16(20(21,22)23)11-17(25-19)29-9-7-28(3)8-10-29/h11,13-15,33H,4-10,12H2,1-3H3,(H,26,32)(H,24,25,27)/t15-/m1/s1. The minimum Gasteiger partial charge on any atom is -0.354 e. The Morgan fingerprint density at radius 2 is 1.91 bits per heavy atom. The van der Waals surface area contributed by atoms with Crippen molar-refractivity contribution in [1.82, 2.24) is 25.4 Å². The lowest BCUT2D eigenvalue weighted by Gasteiger charge is -2.33. The van der Waals surface area contributed by atoms with E-state index in [1.807, 2.05) is 20.9 Å². The molecule has 186 valence electrons. The second-order valence-corrected chi connectivity index (χ2v) is 8.59. The third-order valence-corrected chi connectivity index (χ3v) is 5.36. The largest absolute Gasteiger partial charge is 0.433 e. The summed E-state index contributed by atoms with van der Waals surface area (Å²) in [7, 11) is 1.93. The summed E-state index contributed by atoms with van der Waals surface area (Å²) in [5, 5.41) is 9.87. The minimum atomic E-state index is -4.69. The van der Waals surface area contributed by atoms with Gasteiger partial charge in [0.05, 0.1) is 12.5 Å². The summed E-state index contributed by atoms with van der Waals surface area (Å²) in [4.78, 5) is 34.8. The number of hydroxylamine groups is 2. The molecule has 1 aliphatic heterocycles. The highest BCUT2D eigenvalue weighted by atomic mass is 19.4. The van der Waals surface area contributed by atoms with Crippen LogP contribution in [-0.4, -0.2) is 77.2 Å². The number of hydrazine groups is 1. The van der Waals surface area contributed by atoms with Crippen LogP contribution in [-0.2, 0) is 15.8 Å². The number of alkyl halides is 3. The van der Waals surface area contributed by atoms with Crippen LogP contribution in [0, 0.1) is 11.8 Å². The molecule has 0 aliphatic carbocycles. The van der Waals surface area contributed by atoms with E-state index < -0.39 is 29.6 Å². The van der Waals surface area contributed by atoms with Crippen LogP contribution < -0.4 is 15.8 Å². The van der Waals surface area contributed by atoms with Crippen molar-refractivity contribution in [3.8, 4) is 0 Å². The lowest BCUT2D eigenvalue weighted by atomic mass is 9.97. The number of hydrogen-bond donors (Lipinski definition) is 3. The van der Waals surface area contributed by atoms with Crippen molar-refractivity contribution >= 4 is 24.1 Å².